The first-order valence-corrected chi connectivity index (χ1v) is 8.55. The molecule has 0 bridgehead atoms. The summed E-state index contributed by atoms with van der Waals surface area (Å²) in [7, 11) is 0. The zero-order valence-corrected chi connectivity index (χ0v) is 13.9. The summed E-state index contributed by atoms with van der Waals surface area (Å²) in [5, 5.41) is 6.65. The van der Waals surface area contributed by atoms with E-state index in [4.69, 9.17) is 4.74 Å². The molecule has 0 unspecified atom stereocenters. The molecule has 0 spiro atoms. The molecule has 1 saturated heterocycles. The van der Waals surface area contributed by atoms with E-state index in [2.05, 4.69) is 49.8 Å². The van der Waals surface area contributed by atoms with Gasteiger partial charge in [0.15, 0.2) is 0 Å². The van der Waals surface area contributed by atoms with Gasteiger partial charge in [0, 0.05) is 38.9 Å². The summed E-state index contributed by atoms with van der Waals surface area (Å²) < 4.78 is 5.36. The summed E-state index contributed by atoms with van der Waals surface area (Å²) in [5.74, 6) is 1.53. The average molecular weight is 327 g/mol. The monoisotopic (exact) mass is 327 g/mol. The molecule has 0 amide bonds. The maximum absolute atomic E-state index is 5.36. The lowest BCUT2D eigenvalue weighted by atomic mass is 10.1. The van der Waals surface area contributed by atoms with E-state index in [0.717, 1.165) is 58.2 Å². The first kappa shape index (κ1) is 16.7. The predicted molar refractivity (Wildman–Crippen MR) is 96.4 cm³/mol. The number of aromatic nitrogens is 2. The third-order valence-electron chi connectivity index (χ3n) is 4.03. The van der Waals surface area contributed by atoms with Gasteiger partial charge >= 0.3 is 0 Å². The van der Waals surface area contributed by atoms with Gasteiger partial charge in [-0.2, -0.15) is 4.98 Å². The van der Waals surface area contributed by atoms with Crippen molar-refractivity contribution in [1.82, 2.24) is 14.9 Å². The molecule has 1 aliphatic heterocycles. The average Bonchev–Trinajstić information content (AvgIpc) is 2.64. The number of anilines is 2. The zero-order valence-electron chi connectivity index (χ0n) is 13.9. The molecular weight excluding hydrogens is 302 g/mol. The fourth-order valence-corrected chi connectivity index (χ4v) is 2.67. The third-order valence-corrected chi connectivity index (χ3v) is 4.03. The van der Waals surface area contributed by atoms with Gasteiger partial charge in [0.05, 0.1) is 13.2 Å². The van der Waals surface area contributed by atoms with E-state index < -0.39 is 0 Å². The lowest BCUT2D eigenvalue weighted by molar-refractivity contribution is 0.0398. The van der Waals surface area contributed by atoms with E-state index in [-0.39, 0.29) is 0 Å². The van der Waals surface area contributed by atoms with Crippen molar-refractivity contribution in [3.8, 4) is 0 Å². The van der Waals surface area contributed by atoms with E-state index in [9.17, 15) is 0 Å². The number of nitrogens with zero attached hydrogens (tertiary/aromatic N) is 3. The lowest BCUT2D eigenvalue weighted by Crippen LogP contribution is -2.39. The molecule has 6 nitrogen and oxygen atoms in total. The first-order chi connectivity index (χ1) is 11.9. The van der Waals surface area contributed by atoms with E-state index in [1.165, 1.54) is 5.56 Å². The van der Waals surface area contributed by atoms with Gasteiger partial charge in [-0.1, -0.05) is 30.3 Å². The number of hydrogen-bond acceptors (Lipinski definition) is 6. The van der Waals surface area contributed by atoms with Crippen molar-refractivity contribution in [2.45, 2.75) is 6.42 Å². The molecule has 2 aromatic rings. The number of rotatable bonds is 8. The van der Waals surface area contributed by atoms with E-state index in [0.29, 0.717) is 5.95 Å². The van der Waals surface area contributed by atoms with Crippen molar-refractivity contribution in [1.29, 1.82) is 0 Å². The minimum atomic E-state index is 0.669. The highest BCUT2D eigenvalue weighted by Crippen LogP contribution is 2.06. The number of ether oxygens (including phenoxy) is 1. The van der Waals surface area contributed by atoms with Gasteiger partial charge < -0.3 is 15.4 Å². The smallest absolute Gasteiger partial charge is 0.224 e. The van der Waals surface area contributed by atoms with Crippen LogP contribution in [0.15, 0.2) is 42.6 Å². The minimum absolute atomic E-state index is 0.669. The van der Waals surface area contributed by atoms with E-state index in [1.807, 2.05) is 12.1 Å². The molecule has 128 valence electrons. The molecule has 2 N–H and O–H groups in total. The summed E-state index contributed by atoms with van der Waals surface area (Å²) in [6.45, 7) is 6.40. The molecule has 0 atom stereocenters. The molecule has 24 heavy (non-hydrogen) atoms. The van der Waals surface area contributed by atoms with Crippen molar-refractivity contribution in [3.63, 3.8) is 0 Å². The Balaban J connectivity index is 1.40. The second kappa shape index (κ2) is 9.20. The van der Waals surface area contributed by atoms with Crippen molar-refractivity contribution < 1.29 is 4.74 Å². The molecule has 1 aliphatic rings. The second-order valence-corrected chi connectivity index (χ2v) is 5.81. The Bertz CT molecular complexity index is 601. The number of morpholine rings is 1. The van der Waals surface area contributed by atoms with Crippen LogP contribution < -0.4 is 10.6 Å². The number of benzene rings is 1. The quantitative estimate of drug-likeness (QED) is 0.772. The summed E-state index contributed by atoms with van der Waals surface area (Å²) in [4.78, 5) is 11.2. The second-order valence-electron chi connectivity index (χ2n) is 5.81. The molecule has 3 rings (SSSR count). The highest BCUT2D eigenvalue weighted by molar-refractivity contribution is 5.39. The molecule has 1 aromatic carbocycles. The normalized spacial score (nSPS) is 15.2. The maximum Gasteiger partial charge on any atom is 0.224 e. The van der Waals surface area contributed by atoms with Crippen LogP contribution in [0.25, 0.3) is 0 Å². The van der Waals surface area contributed by atoms with Crippen molar-refractivity contribution in [2.24, 2.45) is 0 Å². The summed E-state index contributed by atoms with van der Waals surface area (Å²) in [5.41, 5.74) is 1.31. The van der Waals surface area contributed by atoms with Crippen LogP contribution in [0.4, 0.5) is 11.8 Å². The Morgan fingerprint density at radius 2 is 1.83 bits per heavy atom. The Labute approximate surface area is 143 Å². The van der Waals surface area contributed by atoms with Crippen LogP contribution in [0.1, 0.15) is 5.56 Å². The number of nitrogens with one attached hydrogen (secondary N) is 2. The van der Waals surface area contributed by atoms with Gasteiger partial charge in [-0.15, -0.1) is 0 Å². The molecule has 1 aromatic heterocycles. The van der Waals surface area contributed by atoms with Crippen LogP contribution >= 0.6 is 0 Å². The van der Waals surface area contributed by atoms with Gasteiger partial charge in [-0.25, -0.2) is 4.98 Å². The fourth-order valence-electron chi connectivity index (χ4n) is 2.67. The summed E-state index contributed by atoms with van der Waals surface area (Å²) in [6, 6.07) is 12.3. The third kappa shape index (κ3) is 5.47. The van der Waals surface area contributed by atoms with Crippen molar-refractivity contribution >= 4 is 11.8 Å². The van der Waals surface area contributed by atoms with Gasteiger partial charge in [0.25, 0.3) is 0 Å². The molecule has 1 fully saturated rings. The lowest BCUT2D eigenvalue weighted by Gasteiger charge is -2.26. The van der Waals surface area contributed by atoms with Gasteiger partial charge in [0.1, 0.15) is 5.82 Å². The largest absolute Gasteiger partial charge is 0.379 e. The summed E-state index contributed by atoms with van der Waals surface area (Å²) >= 11 is 0. The Hall–Kier alpha value is -2.18. The van der Waals surface area contributed by atoms with Crippen LogP contribution in [0.2, 0.25) is 0 Å². The highest BCUT2D eigenvalue weighted by atomic mass is 16.5. The topological polar surface area (TPSA) is 62.3 Å². The van der Waals surface area contributed by atoms with Crippen LogP contribution in [0.3, 0.4) is 0 Å². The standard InChI is InChI=1S/C18H25N5O/c1-2-4-16(5-3-1)6-8-20-18-21-9-7-17(22-18)19-10-11-23-12-14-24-15-13-23/h1-5,7,9H,6,8,10-15H2,(H2,19,20,21,22). The molecule has 2 heterocycles. The molecule has 6 heteroatoms. The Morgan fingerprint density at radius 1 is 1.00 bits per heavy atom. The Morgan fingerprint density at radius 3 is 2.67 bits per heavy atom. The SMILES string of the molecule is c1ccc(CCNc2nccc(NCCN3CCOCC3)n2)cc1. The molecular formula is C18H25N5O. The van der Waals surface area contributed by atoms with Gasteiger partial charge in [0.2, 0.25) is 5.95 Å². The maximum atomic E-state index is 5.36. The van der Waals surface area contributed by atoms with Gasteiger partial charge in [-0.05, 0) is 18.1 Å². The minimum Gasteiger partial charge on any atom is -0.379 e. The van der Waals surface area contributed by atoms with E-state index >= 15 is 0 Å². The summed E-state index contributed by atoms with van der Waals surface area (Å²) in [6.07, 6.45) is 2.74. The van der Waals surface area contributed by atoms with Crippen LogP contribution in [-0.2, 0) is 11.2 Å². The Kier molecular flexibility index (Phi) is 6.39. The molecule has 0 saturated carbocycles. The van der Waals surface area contributed by atoms with Crippen molar-refractivity contribution in [2.75, 3.05) is 56.6 Å². The van der Waals surface area contributed by atoms with Crippen molar-refractivity contribution in [3.05, 3.63) is 48.2 Å². The van der Waals surface area contributed by atoms with E-state index in [1.54, 1.807) is 6.20 Å². The zero-order chi connectivity index (χ0) is 16.5. The highest BCUT2D eigenvalue weighted by Gasteiger charge is 2.09. The molecule has 0 radical (unpaired) electrons. The predicted octanol–water partition coefficient (Wildman–Crippen LogP) is 1.88. The number of hydrogen-bond donors (Lipinski definition) is 2. The van der Waals surface area contributed by atoms with Crippen LogP contribution in [-0.4, -0.2) is 60.8 Å². The molecule has 0 aliphatic carbocycles. The van der Waals surface area contributed by atoms with Gasteiger partial charge in [-0.3, -0.25) is 4.90 Å². The fraction of sp³-hybridized carbons (Fsp3) is 0.444. The van der Waals surface area contributed by atoms with Crippen LogP contribution in [0, 0.1) is 0 Å². The first-order valence-electron chi connectivity index (χ1n) is 8.55. The van der Waals surface area contributed by atoms with Crippen LogP contribution in [0.5, 0.6) is 0 Å².